The third-order valence-electron chi connectivity index (χ3n) is 3.92. The molecule has 0 unspecified atom stereocenters. The maximum atomic E-state index is 4.81. The molecule has 0 saturated carbocycles. The summed E-state index contributed by atoms with van der Waals surface area (Å²) in [5.41, 5.74) is 4.70. The SMILES string of the molecule is Brc1ccc2c(c1)nc1c3cccnc3c3cccnc3n21. The van der Waals surface area contributed by atoms with Crippen molar-refractivity contribution < 1.29 is 0 Å². The van der Waals surface area contributed by atoms with Crippen molar-refractivity contribution in [1.29, 1.82) is 0 Å². The van der Waals surface area contributed by atoms with Gasteiger partial charge in [-0.3, -0.25) is 9.38 Å². The summed E-state index contributed by atoms with van der Waals surface area (Å²) in [6.07, 6.45) is 3.62. The molecular weight excluding hydrogens is 340 g/mol. The zero-order chi connectivity index (χ0) is 14.7. The Morgan fingerprint density at radius 3 is 2.50 bits per heavy atom. The van der Waals surface area contributed by atoms with E-state index < -0.39 is 0 Å². The Morgan fingerprint density at radius 1 is 0.864 bits per heavy atom. The van der Waals surface area contributed by atoms with Crippen LogP contribution in [0.3, 0.4) is 0 Å². The van der Waals surface area contributed by atoms with Crippen LogP contribution in [-0.4, -0.2) is 19.4 Å². The molecule has 0 bridgehead atoms. The summed E-state index contributed by atoms with van der Waals surface area (Å²) in [5.74, 6) is 0. The number of nitrogens with zero attached hydrogens (tertiary/aromatic N) is 4. The number of halogens is 1. The molecule has 104 valence electrons. The maximum absolute atomic E-state index is 4.81. The van der Waals surface area contributed by atoms with Crippen LogP contribution in [0.1, 0.15) is 0 Å². The summed E-state index contributed by atoms with van der Waals surface area (Å²) in [7, 11) is 0. The number of imidazole rings is 1. The number of benzene rings is 1. The molecule has 0 N–H and O–H groups in total. The first-order chi connectivity index (χ1) is 10.8. The normalized spacial score (nSPS) is 11.9. The van der Waals surface area contributed by atoms with Crippen molar-refractivity contribution in [2.45, 2.75) is 0 Å². The van der Waals surface area contributed by atoms with Gasteiger partial charge in [0.15, 0.2) is 0 Å². The Kier molecular flexibility index (Phi) is 2.32. The monoisotopic (exact) mass is 348 g/mol. The molecule has 4 aromatic heterocycles. The predicted molar refractivity (Wildman–Crippen MR) is 91.0 cm³/mol. The quantitative estimate of drug-likeness (QED) is 0.391. The number of fused-ring (bicyclic) bond motifs is 8. The molecule has 5 rings (SSSR count). The number of aromatic nitrogens is 4. The standard InChI is InChI=1S/C17H9BrN4/c18-10-5-6-14-13(9-10)21-17-12-4-1-7-19-15(12)11-3-2-8-20-16(11)22(14)17/h1-9H. The Morgan fingerprint density at radius 2 is 1.64 bits per heavy atom. The third-order valence-corrected chi connectivity index (χ3v) is 4.41. The molecule has 4 nitrogen and oxygen atoms in total. The fourth-order valence-electron chi connectivity index (χ4n) is 3.01. The van der Waals surface area contributed by atoms with Crippen LogP contribution in [0.4, 0.5) is 0 Å². The molecule has 0 spiro atoms. The van der Waals surface area contributed by atoms with Crippen molar-refractivity contribution in [2.75, 3.05) is 0 Å². The number of rotatable bonds is 0. The minimum absolute atomic E-state index is 0.883. The summed E-state index contributed by atoms with van der Waals surface area (Å²) in [6.45, 7) is 0. The Balaban J connectivity index is 2.21. The molecule has 4 heterocycles. The van der Waals surface area contributed by atoms with Crippen LogP contribution in [0, 0.1) is 0 Å². The van der Waals surface area contributed by atoms with E-state index in [2.05, 4.69) is 48.5 Å². The lowest BCUT2D eigenvalue weighted by atomic mass is 10.2. The number of hydrogen-bond acceptors (Lipinski definition) is 3. The molecule has 0 radical (unpaired) electrons. The van der Waals surface area contributed by atoms with Crippen molar-refractivity contribution in [3.8, 4) is 0 Å². The lowest BCUT2D eigenvalue weighted by molar-refractivity contribution is 1.23. The van der Waals surface area contributed by atoms with Gasteiger partial charge in [-0.25, -0.2) is 9.97 Å². The zero-order valence-corrected chi connectivity index (χ0v) is 12.9. The van der Waals surface area contributed by atoms with Crippen molar-refractivity contribution >= 4 is 54.5 Å². The average molecular weight is 349 g/mol. The molecule has 0 saturated heterocycles. The molecule has 0 aliphatic rings. The first-order valence-electron chi connectivity index (χ1n) is 6.92. The summed E-state index contributed by atoms with van der Waals surface area (Å²) in [5, 5.41) is 2.07. The van der Waals surface area contributed by atoms with Gasteiger partial charge in [0.2, 0.25) is 0 Å². The topological polar surface area (TPSA) is 43.1 Å². The fraction of sp³-hybridized carbons (Fsp3) is 0. The smallest absolute Gasteiger partial charge is 0.149 e. The minimum atomic E-state index is 0.883. The highest BCUT2D eigenvalue weighted by molar-refractivity contribution is 9.10. The van der Waals surface area contributed by atoms with Crippen molar-refractivity contribution in [1.82, 2.24) is 19.4 Å². The molecule has 0 atom stereocenters. The predicted octanol–water partition coefficient (Wildman–Crippen LogP) is 4.35. The van der Waals surface area contributed by atoms with Gasteiger partial charge >= 0.3 is 0 Å². The van der Waals surface area contributed by atoms with Crippen LogP contribution < -0.4 is 0 Å². The highest BCUT2D eigenvalue weighted by Gasteiger charge is 2.14. The highest BCUT2D eigenvalue weighted by atomic mass is 79.9. The van der Waals surface area contributed by atoms with Gasteiger partial charge in [0.05, 0.1) is 16.6 Å². The largest absolute Gasteiger partial charge is 0.276 e. The van der Waals surface area contributed by atoms with Gasteiger partial charge in [-0.05, 0) is 42.5 Å². The van der Waals surface area contributed by atoms with E-state index in [-0.39, 0.29) is 0 Å². The first-order valence-corrected chi connectivity index (χ1v) is 7.71. The molecule has 0 aliphatic carbocycles. The zero-order valence-electron chi connectivity index (χ0n) is 11.4. The molecule has 1 aromatic carbocycles. The Bertz CT molecular complexity index is 1190. The van der Waals surface area contributed by atoms with E-state index in [1.807, 2.05) is 30.5 Å². The van der Waals surface area contributed by atoms with Crippen LogP contribution in [0.2, 0.25) is 0 Å². The van der Waals surface area contributed by atoms with Gasteiger partial charge in [0.1, 0.15) is 11.3 Å². The van der Waals surface area contributed by atoms with Gasteiger partial charge in [0.25, 0.3) is 0 Å². The van der Waals surface area contributed by atoms with E-state index in [9.17, 15) is 0 Å². The second-order valence-electron chi connectivity index (χ2n) is 5.18. The minimum Gasteiger partial charge on any atom is -0.276 e. The summed E-state index contributed by atoms with van der Waals surface area (Å²) < 4.78 is 3.13. The van der Waals surface area contributed by atoms with Crippen molar-refractivity contribution in [3.05, 3.63) is 59.3 Å². The van der Waals surface area contributed by atoms with Crippen LogP contribution >= 0.6 is 15.9 Å². The maximum Gasteiger partial charge on any atom is 0.149 e. The molecule has 22 heavy (non-hydrogen) atoms. The molecule has 5 heteroatoms. The number of pyridine rings is 3. The van der Waals surface area contributed by atoms with Gasteiger partial charge in [-0.2, -0.15) is 0 Å². The molecular formula is C17H9BrN4. The van der Waals surface area contributed by atoms with Crippen LogP contribution in [0.25, 0.3) is 38.6 Å². The van der Waals surface area contributed by atoms with Crippen LogP contribution in [-0.2, 0) is 0 Å². The first kappa shape index (κ1) is 12.1. The second kappa shape index (κ2) is 4.24. The lowest BCUT2D eigenvalue weighted by Gasteiger charge is -2.06. The molecule has 0 fully saturated rings. The molecule has 0 amide bonds. The van der Waals surface area contributed by atoms with Gasteiger partial charge < -0.3 is 0 Å². The van der Waals surface area contributed by atoms with E-state index >= 15 is 0 Å². The van der Waals surface area contributed by atoms with Gasteiger partial charge in [0, 0.05) is 27.6 Å². The van der Waals surface area contributed by atoms with E-state index in [4.69, 9.17) is 4.98 Å². The molecule has 5 aromatic rings. The van der Waals surface area contributed by atoms with Crippen molar-refractivity contribution in [3.63, 3.8) is 0 Å². The van der Waals surface area contributed by atoms with Gasteiger partial charge in [-0.15, -0.1) is 0 Å². The molecule has 0 aliphatic heterocycles. The average Bonchev–Trinajstić information content (AvgIpc) is 2.94. The number of hydrogen-bond donors (Lipinski definition) is 0. The fourth-order valence-corrected chi connectivity index (χ4v) is 3.36. The van der Waals surface area contributed by atoms with Crippen LogP contribution in [0.5, 0.6) is 0 Å². The van der Waals surface area contributed by atoms with E-state index in [0.29, 0.717) is 0 Å². The Hall–Kier alpha value is -2.53. The summed E-state index contributed by atoms with van der Waals surface area (Å²) in [6, 6.07) is 14.1. The van der Waals surface area contributed by atoms with Crippen molar-refractivity contribution in [2.24, 2.45) is 0 Å². The van der Waals surface area contributed by atoms with Gasteiger partial charge in [-0.1, -0.05) is 15.9 Å². The lowest BCUT2D eigenvalue weighted by Crippen LogP contribution is -1.94. The summed E-state index contributed by atoms with van der Waals surface area (Å²) >= 11 is 3.51. The Labute approximate surface area is 133 Å². The highest BCUT2D eigenvalue weighted by Crippen LogP contribution is 2.30. The summed E-state index contributed by atoms with van der Waals surface area (Å²) in [4.78, 5) is 13.9. The van der Waals surface area contributed by atoms with Crippen LogP contribution in [0.15, 0.2) is 59.3 Å². The van der Waals surface area contributed by atoms with E-state index in [1.165, 1.54) is 0 Å². The third kappa shape index (κ3) is 1.49. The second-order valence-corrected chi connectivity index (χ2v) is 6.09. The van der Waals surface area contributed by atoms with E-state index in [0.717, 1.165) is 43.1 Å². The van der Waals surface area contributed by atoms with E-state index in [1.54, 1.807) is 6.20 Å².